The molecule has 0 fully saturated rings. The highest BCUT2D eigenvalue weighted by atomic mass is 32.2. The highest BCUT2D eigenvalue weighted by molar-refractivity contribution is 8.03. The van der Waals surface area contributed by atoms with Crippen LogP contribution in [-0.2, 0) is 9.53 Å². The molecule has 39 heavy (non-hydrogen) atoms. The van der Waals surface area contributed by atoms with E-state index in [0.29, 0.717) is 13.0 Å². The van der Waals surface area contributed by atoms with E-state index >= 15 is 0 Å². The molecule has 0 bridgehead atoms. The summed E-state index contributed by atoms with van der Waals surface area (Å²) in [5.41, 5.74) is 0. The Morgan fingerprint density at radius 2 is 1.15 bits per heavy atom. The number of carbonyl (C=O) groups excluding carboxylic acids is 1. The van der Waals surface area contributed by atoms with E-state index in [1.54, 1.807) is 4.91 Å². The fourth-order valence-electron chi connectivity index (χ4n) is 4.74. The van der Waals surface area contributed by atoms with E-state index in [0.717, 1.165) is 19.3 Å². The molecule has 0 saturated carbocycles. The molecule has 0 aliphatic carbocycles. The summed E-state index contributed by atoms with van der Waals surface area (Å²) in [6.45, 7) is 4.64. The van der Waals surface area contributed by atoms with Crippen molar-refractivity contribution in [2.45, 2.75) is 117 Å². The average molecular weight is 569 g/mol. The zero-order valence-electron chi connectivity index (χ0n) is 24.8. The van der Waals surface area contributed by atoms with Crippen LogP contribution in [0.25, 0.3) is 0 Å². The Bertz CT molecular complexity index is 845. The molecule has 0 heterocycles. The molecule has 2 rings (SSSR count). The Balaban J connectivity index is 1.89. The van der Waals surface area contributed by atoms with Gasteiger partial charge in [-0.3, -0.25) is 4.79 Å². The van der Waals surface area contributed by atoms with Gasteiger partial charge in [0.2, 0.25) is 0 Å². The molecule has 2 aromatic carbocycles. The van der Waals surface area contributed by atoms with E-state index in [1.807, 2.05) is 6.92 Å². The summed E-state index contributed by atoms with van der Waals surface area (Å²) in [7, 11) is -0.514. The van der Waals surface area contributed by atoms with Crippen LogP contribution in [-0.4, -0.2) is 18.3 Å². The molecule has 2 aromatic rings. The molecule has 4 heteroatoms. The number of hydrogen-bond acceptors (Lipinski definition) is 3. The SMILES string of the molecule is CCCCCCCCCCCCS/C(=C\P(c1ccccc1)c1ccccc1)CCCCCCC(=O)OCC. The molecule has 0 aliphatic heterocycles. The smallest absolute Gasteiger partial charge is 0.305 e. The van der Waals surface area contributed by atoms with Crippen LogP contribution in [0.15, 0.2) is 71.4 Å². The maximum absolute atomic E-state index is 11.6. The molecule has 0 spiro atoms. The fourth-order valence-corrected chi connectivity index (χ4v) is 8.26. The summed E-state index contributed by atoms with van der Waals surface area (Å²) in [5, 5.41) is 2.84. The predicted molar refractivity (Wildman–Crippen MR) is 176 cm³/mol. The van der Waals surface area contributed by atoms with Gasteiger partial charge < -0.3 is 4.74 Å². The summed E-state index contributed by atoms with van der Waals surface area (Å²) < 4.78 is 5.07. The molecular formula is C35H53O2PS. The van der Waals surface area contributed by atoms with Crippen LogP contribution in [0.4, 0.5) is 0 Å². The molecule has 0 amide bonds. The first kappa shape index (κ1) is 33.6. The molecule has 2 nitrogen and oxygen atoms in total. The molecule has 0 saturated heterocycles. The number of ether oxygens (including phenoxy) is 1. The van der Waals surface area contributed by atoms with Crippen LogP contribution in [0.3, 0.4) is 0 Å². The zero-order chi connectivity index (χ0) is 27.8. The lowest BCUT2D eigenvalue weighted by atomic mass is 10.1. The van der Waals surface area contributed by atoms with Gasteiger partial charge in [-0.05, 0) is 67.6 Å². The molecule has 216 valence electrons. The van der Waals surface area contributed by atoms with E-state index in [1.165, 1.54) is 93.4 Å². The summed E-state index contributed by atoms with van der Waals surface area (Å²) >= 11 is 2.10. The van der Waals surface area contributed by atoms with Gasteiger partial charge in [0.25, 0.3) is 0 Å². The third-order valence-electron chi connectivity index (χ3n) is 6.99. The lowest BCUT2D eigenvalue weighted by Crippen LogP contribution is -2.09. The molecule has 0 aliphatic rings. The third kappa shape index (κ3) is 16.3. The highest BCUT2D eigenvalue weighted by Gasteiger charge is 2.13. The Labute approximate surface area is 245 Å². The third-order valence-corrected chi connectivity index (χ3v) is 10.6. The lowest BCUT2D eigenvalue weighted by molar-refractivity contribution is -0.143. The molecule has 0 aromatic heterocycles. The van der Waals surface area contributed by atoms with Crippen LogP contribution in [0.5, 0.6) is 0 Å². The van der Waals surface area contributed by atoms with Gasteiger partial charge in [-0.2, -0.15) is 0 Å². The van der Waals surface area contributed by atoms with E-state index in [-0.39, 0.29) is 5.97 Å². The number of allylic oxidation sites excluding steroid dienone is 1. The Hall–Kier alpha value is -1.57. The van der Waals surface area contributed by atoms with E-state index in [9.17, 15) is 4.79 Å². The second-order valence-electron chi connectivity index (χ2n) is 10.4. The van der Waals surface area contributed by atoms with E-state index in [2.05, 4.69) is 85.2 Å². The quantitative estimate of drug-likeness (QED) is 0.0758. The van der Waals surface area contributed by atoms with Crippen LogP contribution in [0, 0.1) is 0 Å². The van der Waals surface area contributed by atoms with Gasteiger partial charge in [-0.25, -0.2) is 0 Å². The number of rotatable bonds is 23. The standard InChI is InChI=1S/C35H53O2PS/c1-3-5-6-7-8-9-10-11-14-23-30-39-34(28-21-12-13-22-29-35(36)37-4-2)31-38(32-24-17-15-18-25-32)33-26-19-16-20-27-33/h15-20,24-27,31H,3-14,21-23,28-30H2,1-2H3/b34-31-. The maximum Gasteiger partial charge on any atom is 0.305 e. The van der Waals surface area contributed by atoms with Crippen molar-refractivity contribution in [1.29, 1.82) is 0 Å². The van der Waals surface area contributed by atoms with E-state index < -0.39 is 7.92 Å². The Morgan fingerprint density at radius 1 is 0.667 bits per heavy atom. The fraction of sp³-hybridized carbons (Fsp3) is 0.571. The number of esters is 1. The minimum atomic E-state index is -0.514. The van der Waals surface area contributed by atoms with Gasteiger partial charge in [0.05, 0.1) is 6.61 Å². The van der Waals surface area contributed by atoms with Gasteiger partial charge in [0, 0.05) is 6.42 Å². The van der Waals surface area contributed by atoms with Crippen molar-refractivity contribution in [1.82, 2.24) is 0 Å². The van der Waals surface area contributed by atoms with Crippen molar-refractivity contribution >= 4 is 36.3 Å². The molecular weight excluding hydrogens is 515 g/mol. The first-order chi connectivity index (χ1) is 19.2. The minimum absolute atomic E-state index is 0.0542. The zero-order valence-corrected chi connectivity index (χ0v) is 26.5. The Morgan fingerprint density at radius 3 is 1.69 bits per heavy atom. The minimum Gasteiger partial charge on any atom is -0.466 e. The number of carbonyl (C=O) groups is 1. The average Bonchev–Trinajstić information content (AvgIpc) is 2.97. The van der Waals surface area contributed by atoms with Crippen molar-refractivity contribution in [2.75, 3.05) is 12.4 Å². The van der Waals surface area contributed by atoms with Crippen LogP contribution < -0.4 is 10.6 Å². The van der Waals surface area contributed by atoms with Crippen LogP contribution in [0.1, 0.15) is 117 Å². The largest absolute Gasteiger partial charge is 0.466 e. The van der Waals surface area contributed by atoms with Gasteiger partial charge in [-0.15, -0.1) is 11.8 Å². The second kappa shape index (κ2) is 23.2. The van der Waals surface area contributed by atoms with Crippen molar-refractivity contribution in [3.05, 3.63) is 71.4 Å². The number of unbranched alkanes of at least 4 members (excludes halogenated alkanes) is 12. The normalized spacial score (nSPS) is 11.7. The van der Waals surface area contributed by atoms with Gasteiger partial charge in [0.15, 0.2) is 0 Å². The number of benzene rings is 2. The van der Waals surface area contributed by atoms with Crippen molar-refractivity contribution in [2.24, 2.45) is 0 Å². The van der Waals surface area contributed by atoms with Gasteiger partial charge in [-0.1, -0.05) is 138 Å². The first-order valence-electron chi connectivity index (χ1n) is 15.6. The van der Waals surface area contributed by atoms with Crippen LogP contribution >= 0.6 is 19.7 Å². The highest BCUT2D eigenvalue weighted by Crippen LogP contribution is 2.40. The van der Waals surface area contributed by atoms with Gasteiger partial charge in [0.1, 0.15) is 0 Å². The van der Waals surface area contributed by atoms with Crippen molar-refractivity contribution in [3.63, 3.8) is 0 Å². The van der Waals surface area contributed by atoms with Crippen molar-refractivity contribution in [3.8, 4) is 0 Å². The summed E-state index contributed by atoms with van der Waals surface area (Å²) in [6, 6.07) is 22.0. The summed E-state index contributed by atoms with van der Waals surface area (Å²) in [6.07, 6.45) is 19.9. The van der Waals surface area contributed by atoms with E-state index in [4.69, 9.17) is 4.74 Å². The van der Waals surface area contributed by atoms with Crippen molar-refractivity contribution < 1.29 is 9.53 Å². The Kier molecular flexibility index (Phi) is 20.0. The number of thioether (sulfide) groups is 1. The molecule has 0 N–H and O–H groups in total. The van der Waals surface area contributed by atoms with Crippen LogP contribution in [0.2, 0.25) is 0 Å². The molecule has 0 atom stereocenters. The topological polar surface area (TPSA) is 26.3 Å². The first-order valence-corrected chi connectivity index (χ1v) is 18.0. The molecule has 0 unspecified atom stereocenters. The predicted octanol–water partition coefficient (Wildman–Crippen LogP) is 10.5. The lowest BCUT2D eigenvalue weighted by Gasteiger charge is -2.17. The monoisotopic (exact) mass is 568 g/mol. The maximum atomic E-state index is 11.6. The van der Waals surface area contributed by atoms with Gasteiger partial charge >= 0.3 is 5.97 Å². The second-order valence-corrected chi connectivity index (χ2v) is 13.6. The molecule has 0 radical (unpaired) electrons. The number of hydrogen-bond donors (Lipinski definition) is 0. The summed E-state index contributed by atoms with van der Waals surface area (Å²) in [4.78, 5) is 13.2. The summed E-state index contributed by atoms with van der Waals surface area (Å²) in [5.74, 6) is 3.76.